The first-order valence-electron chi connectivity index (χ1n) is 8.53. The smallest absolute Gasteiger partial charge is 0.277 e. The molecule has 4 rings (SSSR count). The number of amides is 1. The normalized spacial score (nSPS) is 10.9. The van der Waals surface area contributed by atoms with Gasteiger partial charge in [-0.05, 0) is 24.3 Å². The maximum atomic E-state index is 12.3. The average Bonchev–Trinajstić information content (AvgIpc) is 3.22. The standard InChI is InChI=1S/C18H15N7O3/c26-15(7-10-25-18(27)13-3-1-2-4-14(13)22-24-25)20-11-16-21-17(23-28-16)12-5-8-19-9-6-12/h1-6,8-9H,7,10-11H2,(H,20,26). The Hall–Kier alpha value is -3.95. The molecule has 0 atom stereocenters. The van der Waals surface area contributed by atoms with Crippen LogP contribution in [0.1, 0.15) is 12.3 Å². The zero-order chi connectivity index (χ0) is 19.3. The minimum Gasteiger partial charge on any atom is -0.347 e. The second-order valence-corrected chi connectivity index (χ2v) is 5.91. The fourth-order valence-corrected chi connectivity index (χ4v) is 2.58. The van der Waals surface area contributed by atoms with E-state index in [1.54, 1.807) is 48.8 Å². The molecule has 1 aromatic carbocycles. The van der Waals surface area contributed by atoms with Crippen LogP contribution >= 0.6 is 0 Å². The zero-order valence-electron chi connectivity index (χ0n) is 14.6. The first-order chi connectivity index (χ1) is 13.7. The summed E-state index contributed by atoms with van der Waals surface area (Å²) in [5.74, 6) is 0.429. The molecule has 0 aliphatic carbocycles. The number of fused-ring (bicyclic) bond motifs is 1. The summed E-state index contributed by atoms with van der Waals surface area (Å²) >= 11 is 0. The summed E-state index contributed by atoms with van der Waals surface area (Å²) in [5.41, 5.74) is 1.01. The maximum absolute atomic E-state index is 12.3. The average molecular weight is 377 g/mol. The summed E-state index contributed by atoms with van der Waals surface area (Å²) in [5, 5.41) is 14.9. The number of benzene rings is 1. The van der Waals surface area contributed by atoms with E-state index in [-0.39, 0.29) is 36.9 Å². The number of hydrogen-bond donors (Lipinski definition) is 1. The largest absolute Gasteiger partial charge is 0.347 e. The number of hydrogen-bond acceptors (Lipinski definition) is 8. The Balaban J connectivity index is 1.34. The maximum Gasteiger partial charge on any atom is 0.277 e. The van der Waals surface area contributed by atoms with Gasteiger partial charge in [0.15, 0.2) is 0 Å². The molecule has 10 nitrogen and oxygen atoms in total. The van der Waals surface area contributed by atoms with E-state index in [1.807, 2.05) is 0 Å². The van der Waals surface area contributed by atoms with Crippen LogP contribution in [-0.2, 0) is 17.9 Å². The van der Waals surface area contributed by atoms with Crippen molar-refractivity contribution in [3.8, 4) is 11.4 Å². The van der Waals surface area contributed by atoms with E-state index in [4.69, 9.17) is 4.52 Å². The SMILES string of the molecule is O=C(CCn1nnc2ccccc2c1=O)NCc1nc(-c2ccncc2)no1. The van der Waals surface area contributed by atoms with Gasteiger partial charge in [0.25, 0.3) is 5.56 Å². The molecule has 3 aromatic heterocycles. The lowest BCUT2D eigenvalue weighted by atomic mass is 10.2. The summed E-state index contributed by atoms with van der Waals surface area (Å²) in [6, 6.07) is 10.5. The molecular formula is C18H15N7O3. The Kier molecular flexibility index (Phi) is 4.83. The van der Waals surface area contributed by atoms with Crippen molar-refractivity contribution in [1.82, 2.24) is 35.4 Å². The Bertz CT molecular complexity index is 1170. The molecule has 0 unspecified atom stereocenters. The number of nitrogens with zero attached hydrogens (tertiary/aromatic N) is 6. The van der Waals surface area contributed by atoms with Crippen molar-refractivity contribution < 1.29 is 9.32 Å². The van der Waals surface area contributed by atoms with Gasteiger partial charge in [0.2, 0.25) is 17.6 Å². The number of rotatable bonds is 6. The summed E-state index contributed by atoms with van der Waals surface area (Å²) in [6.45, 7) is 0.212. The molecule has 140 valence electrons. The first kappa shape index (κ1) is 17.5. The lowest BCUT2D eigenvalue weighted by molar-refractivity contribution is -0.121. The topological polar surface area (TPSA) is 129 Å². The zero-order valence-corrected chi connectivity index (χ0v) is 14.6. The molecule has 0 spiro atoms. The Morgan fingerprint density at radius 2 is 1.96 bits per heavy atom. The number of pyridine rings is 1. The van der Waals surface area contributed by atoms with Crippen LogP contribution in [0.5, 0.6) is 0 Å². The van der Waals surface area contributed by atoms with Crippen molar-refractivity contribution in [1.29, 1.82) is 0 Å². The molecule has 0 saturated carbocycles. The Labute approximate surface area is 158 Å². The van der Waals surface area contributed by atoms with Gasteiger partial charge in [-0.15, -0.1) is 5.10 Å². The molecule has 1 N–H and O–H groups in total. The van der Waals surface area contributed by atoms with E-state index >= 15 is 0 Å². The highest BCUT2D eigenvalue weighted by Crippen LogP contribution is 2.13. The highest BCUT2D eigenvalue weighted by Gasteiger charge is 2.11. The second-order valence-electron chi connectivity index (χ2n) is 5.91. The van der Waals surface area contributed by atoms with Gasteiger partial charge in [0.05, 0.1) is 18.5 Å². The van der Waals surface area contributed by atoms with E-state index in [0.717, 1.165) is 5.56 Å². The van der Waals surface area contributed by atoms with Gasteiger partial charge in [-0.25, -0.2) is 4.68 Å². The monoisotopic (exact) mass is 377 g/mol. The number of carbonyl (C=O) groups is 1. The van der Waals surface area contributed by atoms with Crippen molar-refractivity contribution in [2.45, 2.75) is 19.5 Å². The second kappa shape index (κ2) is 7.74. The third-order valence-corrected chi connectivity index (χ3v) is 4.02. The van der Waals surface area contributed by atoms with Gasteiger partial charge in [-0.3, -0.25) is 14.6 Å². The Morgan fingerprint density at radius 1 is 1.14 bits per heavy atom. The molecular weight excluding hydrogens is 362 g/mol. The predicted molar refractivity (Wildman–Crippen MR) is 97.8 cm³/mol. The summed E-state index contributed by atoms with van der Waals surface area (Å²) < 4.78 is 6.30. The van der Waals surface area contributed by atoms with E-state index in [2.05, 4.69) is 30.8 Å². The molecule has 10 heteroatoms. The van der Waals surface area contributed by atoms with Crippen LogP contribution in [0.2, 0.25) is 0 Å². The highest BCUT2D eigenvalue weighted by atomic mass is 16.5. The number of carbonyl (C=O) groups excluding carboxylic acids is 1. The van der Waals surface area contributed by atoms with E-state index in [0.29, 0.717) is 16.7 Å². The predicted octanol–water partition coefficient (Wildman–Crippen LogP) is 0.943. The molecule has 0 fully saturated rings. The molecule has 4 aromatic rings. The van der Waals surface area contributed by atoms with Crippen LogP contribution in [0.15, 0.2) is 58.1 Å². The summed E-state index contributed by atoms with van der Waals surface area (Å²) in [4.78, 5) is 32.6. The lowest BCUT2D eigenvalue weighted by Crippen LogP contribution is -2.29. The summed E-state index contributed by atoms with van der Waals surface area (Å²) in [7, 11) is 0. The molecule has 0 bridgehead atoms. The van der Waals surface area contributed by atoms with Crippen molar-refractivity contribution >= 4 is 16.8 Å². The van der Waals surface area contributed by atoms with Gasteiger partial charge < -0.3 is 9.84 Å². The van der Waals surface area contributed by atoms with Gasteiger partial charge in [0.1, 0.15) is 5.52 Å². The molecule has 0 aliphatic rings. The van der Waals surface area contributed by atoms with E-state index < -0.39 is 0 Å². The van der Waals surface area contributed by atoms with Crippen LogP contribution in [0.25, 0.3) is 22.3 Å². The molecule has 3 heterocycles. The van der Waals surface area contributed by atoms with Gasteiger partial charge in [-0.2, -0.15) is 4.98 Å². The van der Waals surface area contributed by atoms with Gasteiger partial charge >= 0.3 is 0 Å². The Morgan fingerprint density at radius 3 is 2.82 bits per heavy atom. The quantitative estimate of drug-likeness (QED) is 0.526. The van der Waals surface area contributed by atoms with Crippen LogP contribution in [-0.4, -0.2) is 36.0 Å². The van der Waals surface area contributed by atoms with Crippen molar-refractivity contribution in [3.63, 3.8) is 0 Å². The fourth-order valence-electron chi connectivity index (χ4n) is 2.58. The van der Waals surface area contributed by atoms with Crippen LogP contribution < -0.4 is 10.9 Å². The van der Waals surface area contributed by atoms with Crippen molar-refractivity contribution in [2.75, 3.05) is 0 Å². The highest BCUT2D eigenvalue weighted by molar-refractivity contribution is 5.77. The summed E-state index contributed by atoms with van der Waals surface area (Å²) in [6.07, 6.45) is 3.33. The minimum absolute atomic E-state index is 0.0677. The van der Waals surface area contributed by atoms with E-state index in [9.17, 15) is 9.59 Å². The molecule has 0 aliphatic heterocycles. The van der Waals surface area contributed by atoms with Crippen LogP contribution in [0.3, 0.4) is 0 Å². The number of aromatic nitrogens is 6. The molecule has 1 amide bonds. The minimum atomic E-state index is -0.280. The van der Waals surface area contributed by atoms with Gasteiger partial charge in [0, 0.05) is 24.4 Å². The number of nitrogens with one attached hydrogen (secondary N) is 1. The number of aryl methyl sites for hydroxylation is 1. The van der Waals surface area contributed by atoms with Crippen LogP contribution in [0.4, 0.5) is 0 Å². The van der Waals surface area contributed by atoms with Crippen molar-refractivity contribution in [2.24, 2.45) is 0 Å². The lowest BCUT2D eigenvalue weighted by Gasteiger charge is -2.05. The first-order valence-corrected chi connectivity index (χ1v) is 8.53. The third-order valence-electron chi connectivity index (χ3n) is 4.02. The molecule has 0 saturated heterocycles. The fraction of sp³-hybridized carbons (Fsp3) is 0.167. The molecule has 0 radical (unpaired) electrons. The van der Waals surface area contributed by atoms with Gasteiger partial charge in [-0.1, -0.05) is 22.5 Å². The third kappa shape index (κ3) is 3.75. The van der Waals surface area contributed by atoms with Crippen LogP contribution in [0, 0.1) is 0 Å². The molecule has 28 heavy (non-hydrogen) atoms. The van der Waals surface area contributed by atoms with E-state index in [1.165, 1.54) is 4.68 Å². The van der Waals surface area contributed by atoms with Crippen molar-refractivity contribution in [3.05, 3.63) is 65.0 Å².